The average Bonchev–Trinajstić information content (AvgIpc) is 2.57. The van der Waals surface area contributed by atoms with E-state index in [1.165, 1.54) is 25.7 Å². The number of hydrogen-bond acceptors (Lipinski definition) is 2. The summed E-state index contributed by atoms with van der Waals surface area (Å²) in [5.41, 5.74) is 0.642. The molecule has 1 fully saturated rings. The zero-order valence-corrected chi connectivity index (χ0v) is 11.4. The fourth-order valence-corrected chi connectivity index (χ4v) is 2.72. The van der Waals surface area contributed by atoms with E-state index >= 15 is 0 Å². The van der Waals surface area contributed by atoms with E-state index in [9.17, 15) is 0 Å². The molecule has 1 saturated carbocycles. The van der Waals surface area contributed by atoms with E-state index in [-0.39, 0.29) is 0 Å². The van der Waals surface area contributed by atoms with Gasteiger partial charge in [0.2, 0.25) is 0 Å². The van der Waals surface area contributed by atoms with Crippen LogP contribution in [0.1, 0.15) is 44.1 Å². The largest absolute Gasteiger partial charge is 0.490 e. The van der Waals surface area contributed by atoms with Crippen molar-refractivity contribution in [2.24, 2.45) is 0 Å². The molecule has 1 aliphatic rings. The van der Waals surface area contributed by atoms with Gasteiger partial charge in [0.15, 0.2) is 0 Å². The molecule has 90 valence electrons. The molecule has 0 bridgehead atoms. The van der Waals surface area contributed by atoms with Crippen molar-refractivity contribution in [1.29, 1.82) is 5.26 Å². The van der Waals surface area contributed by atoms with Gasteiger partial charge in [-0.05, 0) is 43.9 Å². The van der Waals surface area contributed by atoms with E-state index < -0.39 is 0 Å². The number of nitriles is 1. The van der Waals surface area contributed by atoms with Crippen LogP contribution in [0.25, 0.3) is 0 Å². The lowest BCUT2D eigenvalue weighted by Crippen LogP contribution is -2.15. The third-order valence-corrected chi connectivity index (χ3v) is 3.56. The Labute approximate surface area is 111 Å². The molecule has 0 radical (unpaired) electrons. The van der Waals surface area contributed by atoms with E-state index in [0.29, 0.717) is 11.7 Å². The third-order valence-electron chi connectivity index (χ3n) is 3.11. The molecular weight excluding hydrogens is 278 g/mol. The second-order valence-corrected chi connectivity index (χ2v) is 5.43. The van der Waals surface area contributed by atoms with Crippen LogP contribution in [0.5, 0.6) is 5.75 Å². The summed E-state index contributed by atoms with van der Waals surface area (Å²) in [6.45, 7) is 0. The highest BCUT2D eigenvalue weighted by Crippen LogP contribution is 2.26. The first kappa shape index (κ1) is 12.4. The van der Waals surface area contributed by atoms with Gasteiger partial charge in [0.1, 0.15) is 5.75 Å². The van der Waals surface area contributed by atoms with Crippen LogP contribution in [-0.2, 0) is 0 Å². The monoisotopic (exact) mass is 293 g/mol. The van der Waals surface area contributed by atoms with Gasteiger partial charge in [0.05, 0.1) is 17.7 Å². The zero-order valence-electron chi connectivity index (χ0n) is 9.79. The molecule has 0 unspecified atom stereocenters. The van der Waals surface area contributed by atoms with Gasteiger partial charge >= 0.3 is 0 Å². The van der Waals surface area contributed by atoms with Gasteiger partial charge in [0, 0.05) is 4.47 Å². The quantitative estimate of drug-likeness (QED) is 0.756. The highest BCUT2D eigenvalue weighted by Gasteiger charge is 2.14. The number of halogens is 1. The van der Waals surface area contributed by atoms with E-state index in [4.69, 9.17) is 10.00 Å². The van der Waals surface area contributed by atoms with Gasteiger partial charge in [0.25, 0.3) is 0 Å². The molecular formula is C14H16BrNO. The Balaban J connectivity index is 2.06. The van der Waals surface area contributed by atoms with E-state index in [1.807, 2.05) is 12.1 Å². The first-order valence-corrected chi connectivity index (χ1v) is 6.94. The molecule has 0 spiro atoms. The second kappa shape index (κ2) is 6.07. The first-order chi connectivity index (χ1) is 8.28. The van der Waals surface area contributed by atoms with Crippen molar-refractivity contribution < 1.29 is 4.74 Å². The summed E-state index contributed by atoms with van der Waals surface area (Å²) >= 11 is 3.40. The lowest BCUT2D eigenvalue weighted by atomic mass is 10.1. The summed E-state index contributed by atoms with van der Waals surface area (Å²) in [5.74, 6) is 0.808. The fraction of sp³-hybridized carbons (Fsp3) is 0.500. The first-order valence-electron chi connectivity index (χ1n) is 6.15. The Morgan fingerprint density at radius 2 is 1.82 bits per heavy atom. The van der Waals surface area contributed by atoms with E-state index in [1.54, 1.807) is 6.07 Å². The molecule has 0 heterocycles. The van der Waals surface area contributed by atoms with Gasteiger partial charge in [-0.1, -0.05) is 28.8 Å². The maximum absolute atomic E-state index is 8.91. The van der Waals surface area contributed by atoms with Crippen LogP contribution >= 0.6 is 15.9 Å². The molecule has 0 N–H and O–H groups in total. The van der Waals surface area contributed by atoms with E-state index in [2.05, 4.69) is 22.0 Å². The van der Waals surface area contributed by atoms with Crippen molar-refractivity contribution in [1.82, 2.24) is 0 Å². The van der Waals surface area contributed by atoms with Crippen LogP contribution in [0.2, 0.25) is 0 Å². The summed E-state index contributed by atoms with van der Waals surface area (Å²) in [6, 6.07) is 7.70. The number of hydrogen-bond donors (Lipinski definition) is 0. The Bertz CT molecular complexity index is 417. The zero-order chi connectivity index (χ0) is 12.1. The third kappa shape index (κ3) is 3.74. The van der Waals surface area contributed by atoms with Crippen LogP contribution < -0.4 is 4.74 Å². The molecule has 0 aromatic heterocycles. The molecule has 0 atom stereocenters. The molecule has 1 aromatic carbocycles. The number of benzene rings is 1. The normalized spacial score (nSPS) is 17.2. The van der Waals surface area contributed by atoms with Gasteiger partial charge in [-0.2, -0.15) is 5.26 Å². The van der Waals surface area contributed by atoms with Gasteiger partial charge in [-0.25, -0.2) is 0 Å². The highest BCUT2D eigenvalue weighted by atomic mass is 79.9. The van der Waals surface area contributed by atoms with Crippen molar-refractivity contribution in [3.63, 3.8) is 0 Å². The lowest BCUT2D eigenvalue weighted by Gasteiger charge is -2.17. The number of ether oxygens (including phenoxy) is 1. The Kier molecular flexibility index (Phi) is 4.44. The summed E-state index contributed by atoms with van der Waals surface area (Å²) in [7, 11) is 0. The fourth-order valence-electron chi connectivity index (χ4n) is 2.25. The molecule has 1 aromatic rings. The minimum atomic E-state index is 0.318. The molecule has 1 aliphatic carbocycles. The Morgan fingerprint density at radius 1 is 1.12 bits per heavy atom. The van der Waals surface area contributed by atoms with Gasteiger partial charge in [-0.3, -0.25) is 0 Å². The smallest absolute Gasteiger partial charge is 0.122 e. The van der Waals surface area contributed by atoms with Crippen molar-refractivity contribution in [3.05, 3.63) is 28.2 Å². The minimum Gasteiger partial charge on any atom is -0.490 e. The van der Waals surface area contributed by atoms with Crippen molar-refractivity contribution in [2.75, 3.05) is 0 Å². The van der Waals surface area contributed by atoms with Crippen molar-refractivity contribution in [2.45, 2.75) is 44.6 Å². The molecule has 2 nitrogen and oxygen atoms in total. The average molecular weight is 294 g/mol. The minimum absolute atomic E-state index is 0.318. The van der Waals surface area contributed by atoms with Crippen molar-refractivity contribution in [3.8, 4) is 11.8 Å². The Hall–Kier alpha value is -1.01. The molecule has 2 rings (SSSR count). The second-order valence-electron chi connectivity index (χ2n) is 4.52. The standard InChI is InChI=1S/C14H16BrNO/c15-12-7-11(10-16)8-14(9-12)17-13-5-3-1-2-4-6-13/h7-9,13H,1-6H2. The number of rotatable bonds is 2. The summed E-state index contributed by atoms with van der Waals surface area (Å²) in [6.07, 6.45) is 7.73. The molecule has 3 heteroatoms. The lowest BCUT2D eigenvalue weighted by molar-refractivity contribution is 0.183. The number of nitrogens with zero attached hydrogens (tertiary/aromatic N) is 1. The van der Waals surface area contributed by atoms with Crippen molar-refractivity contribution >= 4 is 15.9 Å². The molecule has 0 amide bonds. The van der Waals surface area contributed by atoms with Crippen LogP contribution in [-0.4, -0.2) is 6.10 Å². The Morgan fingerprint density at radius 3 is 2.47 bits per heavy atom. The highest BCUT2D eigenvalue weighted by molar-refractivity contribution is 9.10. The molecule has 0 saturated heterocycles. The summed E-state index contributed by atoms with van der Waals surface area (Å²) in [5, 5.41) is 8.91. The van der Waals surface area contributed by atoms with E-state index in [0.717, 1.165) is 23.1 Å². The van der Waals surface area contributed by atoms with Crippen LogP contribution in [0, 0.1) is 11.3 Å². The molecule has 17 heavy (non-hydrogen) atoms. The van der Waals surface area contributed by atoms with Gasteiger partial charge in [-0.15, -0.1) is 0 Å². The predicted octanol–water partition coefficient (Wildman–Crippen LogP) is 4.42. The van der Waals surface area contributed by atoms with Crippen LogP contribution in [0.4, 0.5) is 0 Å². The van der Waals surface area contributed by atoms with Crippen LogP contribution in [0.15, 0.2) is 22.7 Å². The summed E-state index contributed by atoms with van der Waals surface area (Å²) < 4.78 is 6.88. The maximum atomic E-state index is 8.91. The SMILES string of the molecule is N#Cc1cc(Br)cc(OC2CCCCCC2)c1. The molecule has 0 aliphatic heterocycles. The summed E-state index contributed by atoms with van der Waals surface area (Å²) in [4.78, 5) is 0. The van der Waals surface area contributed by atoms with Crippen LogP contribution in [0.3, 0.4) is 0 Å². The predicted molar refractivity (Wildman–Crippen MR) is 71.0 cm³/mol. The topological polar surface area (TPSA) is 33.0 Å². The van der Waals surface area contributed by atoms with Gasteiger partial charge < -0.3 is 4.74 Å². The maximum Gasteiger partial charge on any atom is 0.122 e.